The Labute approximate surface area is 462 Å². The number of amides is 2. The molecule has 3 aromatic rings. The number of rotatable bonds is 43. The highest BCUT2D eigenvalue weighted by atomic mass is 31.2. The van der Waals surface area contributed by atoms with E-state index in [4.69, 9.17) is 47.2 Å². The minimum Gasteiger partial charge on any atom is -0.485 e. The summed E-state index contributed by atoms with van der Waals surface area (Å²) < 4.78 is 60.1. The molecule has 434 valence electrons. The smallest absolute Gasteiger partial charge is 0.472 e. The van der Waals surface area contributed by atoms with Gasteiger partial charge in [-0.15, -0.1) is 0 Å². The van der Waals surface area contributed by atoms with Crippen molar-refractivity contribution >= 4 is 48.8 Å². The quantitative estimate of drug-likeness (QED) is 0.0207. The first-order chi connectivity index (χ1) is 37.8. The number of aliphatic imine (C=N–C) groups is 1. The SMILES string of the molecule is CCCCCCCCCCCCCCCCCC(=O)OCC(COP(=O)(O)OCCNC(=O)OCCOCC(=O)NCCOCCOCCN(C)c1cccc(-c2ccc(C3=Nc4cc(C)ccc4OC3)cc2)c1)OC(C)=O. The normalized spacial score (nSPS) is 13.1. The van der Waals surface area contributed by atoms with E-state index in [1.165, 1.54) is 70.6 Å². The number of hydrogen-bond donors (Lipinski definition) is 3. The van der Waals surface area contributed by atoms with Crippen molar-refractivity contribution in [3.05, 3.63) is 77.9 Å². The third-order valence-corrected chi connectivity index (χ3v) is 13.6. The summed E-state index contributed by atoms with van der Waals surface area (Å²) in [6.07, 6.45) is 16.4. The van der Waals surface area contributed by atoms with E-state index in [0.717, 1.165) is 71.3 Å². The van der Waals surface area contributed by atoms with E-state index in [0.29, 0.717) is 39.4 Å². The average Bonchev–Trinajstić information content (AvgIpc) is 3.46. The molecular formula is C58H87N4O15P. The number of carbonyl (C=O) groups is 4. The molecule has 19 nitrogen and oxygen atoms in total. The van der Waals surface area contributed by atoms with Crippen LogP contribution >= 0.6 is 7.82 Å². The van der Waals surface area contributed by atoms with Crippen LogP contribution in [0.1, 0.15) is 128 Å². The maximum absolute atomic E-state index is 12.4. The molecular weight excluding hydrogens is 1020 g/mol. The van der Waals surface area contributed by atoms with E-state index in [2.05, 4.69) is 64.9 Å². The standard InChI is InChI=1S/C58H87N4O15P/c1-5-6-7-8-9-10-11-12-13-14-15-16-17-18-19-23-57(65)74-42-52(77-47(3)63)43-76-78(67,68)75-34-31-60-58(66)72-39-38-71-45-56(64)59-30-33-69-36-37-70-35-32-62(4)51-22-20-21-50(41-51)48-25-27-49(28-26-48)54-44-73-55-29-24-46(2)40-53(55)61-54/h20-22,24-29,40-41,52H,5-19,23,30-39,42-45H2,1-4H3,(H,59,64)(H,60,66)(H,67,68). The van der Waals surface area contributed by atoms with Gasteiger partial charge in [-0.05, 0) is 59.9 Å². The van der Waals surface area contributed by atoms with Crippen molar-refractivity contribution in [2.75, 3.05) is 104 Å². The molecule has 0 fully saturated rings. The Kier molecular flexibility index (Phi) is 32.6. The highest BCUT2D eigenvalue weighted by Crippen LogP contribution is 2.43. The Morgan fingerprint density at radius 2 is 1.33 bits per heavy atom. The lowest BCUT2D eigenvalue weighted by Crippen LogP contribution is -2.32. The van der Waals surface area contributed by atoms with Crippen LogP contribution in [0, 0.1) is 6.92 Å². The number of likely N-dealkylation sites (N-methyl/N-ethyl adjacent to an activating group) is 1. The lowest BCUT2D eigenvalue weighted by Gasteiger charge is -2.20. The maximum Gasteiger partial charge on any atom is 0.472 e. The number of phosphoric acid groups is 1. The Hall–Kier alpha value is -5.40. The van der Waals surface area contributed by atoms with E-state index in [1.54, 1.807) is 0 Å². The lowest BCUT2D eigenvalue weighted by atomic mass is 10.0. The number of nitrogens with zero attached hydrogens (tertiary/aromatic N) is 2. The molecule has 20 heteroatoms. The fourth-order valence-electron chi connectivity index (χ4n) is 8.24. The largest absolute Gasteiger partial charge is 0.485 e. The second-order valence-electron chi connectivity index (χ2n) is 19.3. The van der Waals surface area contributed by atoms with Gasteiger partial charge in [-0.3, -0.25) is 23.4 Å². The van der Waals surface area contributed by atoms with E-state index in [1.807, 2.05) is 38.2 Å². The Morgan fingerprint density at radius 1 is 0.692 bits per heavy atom. The van der Waals surface area contributed by atoms with Gasteiger partial charge in [-0.2, -0.15) is 0 Å². The van der Waals surface area contributed by atoms with Gasteiger partial charge in [0.15, 0.2) is 6.10 Å². The molecule has 4 rings (SSSR count). The molecule has 3 N–H and O–H groups in total. The van der Waals surface area contributed by atoms with Crippen molar-refractivity contribution in [2.24, 2.45) is 4.99 Å². The molecule has 0 aliphatic carbocycles. The predicted molar refractivity (Wildman–Crippen MR) is 301 cm³/mol. The summed E-state index contributed by atoms with van der Waals surface area (Å²) in [6.45, 7) is 6.37. The molecule has 3 aromatic carbocycles. The van der Waals surface area contributed by atoms with Crippen LogP contribution in [0.25, 0.3) is 11.1 Å². The molecule has 2 atom stereocenters. The number of alkyl carbamates (subject to hydrolysis) is 1. The number of phosphoric ester groups is 1. The first-order valence-corrected chi connectivity index (χ1v) is 29.4. The highest BCUT2D eigenvalue weighted by molar-refractivity contribution is 7.47. The monoisotopic (exact) mass is 1110 g/mol. The van der Waals surface area contributed by atoms with Crippen LogP contribution in [-0.2, 0) is 56.4 Å². The Balaban J connectivity index is 0.927. The summed E-state index contributed by atoms with van der Waals surface area (Å²) in [7, 11) is -2.61. The lowest BCUT2D eigenvalue weighted by molar-refractivity contribution is -0.159. The highest BCUT2D eigenvalue weighted by Gasteiger charge is 2.26. The summed E-state index contributed by atoms with van der Waals surface area (Å²) in [5, 5.41) is 5.03. The minimum absolute atomic E-state index is 0.0544. The van der Waals surface area contributed by atoms with Gasteiger partial charge >= 0.3 is 25.9 Å². The van der Waals surface area contributed by atoms with Crippen molar-refractivity contribution in [3.8, 4) is 16.9 Å². The van der Waals surface area contributed by atoms with Crippen LogP contribution in [0.5, 0.6) is 5.75 Å². The minimum atomic E-state index is -4.63. The number of nitrogens with one attached hydrogen (secondary N) is 2. The number of unbranched alkanes of at least 4 members (excludes halogenated alkanes) is 14. The van der Waals surface area contributed by atoms with Crippen LogP contribution in [0.15, 0.2) is 71.7 Å². The van der Waals surface area contributed by atoms with E-state index >= 15 is 0 Å². The number of aryl methyl sites for hydroxylation is 1. The van der Waals surface area contributed by atoms with Crippen LogP contribution in [0.3, 0.4) is 0 Å². The predicted octanol–water partition coefficient (Wildman–Crippen LogP) is 10.4. The molecule has 1 aliphatic rings. The van der Waals surface area contributed by atoms with Gasteiger partial charge in [0.25, 0.3) is 0 Å². The molecule has 0 aromatic heterocycles. The molecule has 1 heterocycles. The third-order valence-electron chi connectivity index (χ3n) is 12.6. The first-order valence-electron chi connectivity index (χ1n) is 27.9. The molecule has 78 heavy (non-hydrogen) atoms. The summed E-state index contributed by atoms with van der Waals surface area (Å²) in [4.78, 5) is 65.1. The van der Waals surface area contributed by atoms with Crippen molar-refractivity contribution in [3.63, 3.8) is 0 Å². The number of benzene rings is 3. The van der Waals surface area contributed by atoms with Crippen molar-refractivity contribution < 1.29 is 70.8 Å². The van der Waals surface area contributed by atoms with E-state index < -0.39 is 45.2 Å². The zero-order chi connectivity index (χ0) is 56.1. The number of anilines is 1. The van der Waals surface area contributed by atoms with Crippen LogP contribution < -0.4 is 20.3 Å². The fraction of sp³-hybridized carbons (Fsp3) is 0.603. The summed E-state index contributed by atoms with van der Waals surface area (Å²) >= 11 is 0. The van der Waals surface area contributed by atoms with Gasteiger partial charge in [0.2, 0.25) is 5.91 Å². The zero-order valence-corrected chi connectivity index (χ0v) is 47.5. The molecule has 2 unspecified atom stereocenters. The summed E-state index contributed by atoms with van der Waals surface area (Å²) in [6, 6.07) is 22.8. The van der Waals surface area contributed by atoms with Crippen LogP contribution in [-0.4, -0.2) is 140 Å². The van der Waals surface area contributed by atoms with Gasteiger partial charge in [-0.25, -0.2) is 14.4 Å². The first kappa shape index (κ1) is 65.1. The number of fused-ring (bicyclic) bond motifs is 1. The molecule has 0 radical (unpaired) electrons. The molecule has 1 aliphatic heterocycles. The maximum atomic E-state index is 12.4. The van der Waals surface area contributed by atoms with Crippen molar-refractivity contribution in [1.29, 1.82) is 0 Å². The van der Waals surface area contributed by atoms with Gasteiger partial charge in [0, 0.05) is 45.7 Å². The third kappa shape index (κ3) is 29.0. The van der Waals surface area contributed by atoms with Gasteiger partial charge < -0.3 is 53.6 Å². The average molecular weight is 1110 g/mol. The number of carbonyl (C=O) groups excluding carboxylic acids is 4. The molecule has 0 saturated heterocycles. The second-order valence-corrected chi connectivity index (χ2v) is 20.7. The van der Waals surface area contributed by atoms with Crippen molar-refractivity contribution in [2.45, 2.75) is 130 Å². The number of esters is 2. The van der Waals surface area contributed by atoms with Gasteiger partial charge in [0.1, 0.15) is 37.9 Å². The topological polar surface area (TPSA) is 228 Å². The summed E-state index contributed by atoms with van der Waals surface area (Å²) in [5.74, 6) is -0.713. The van der Waals surface area contributed by atoms with Crippen LogP contribution in [0.2, 0.25) is 0 Å². The molecule has 0 spiro atoms. The Morgan fingerprint density at radius 3 is 2.03 bits per heavy atom. The number of hydrogen-bond acceptors (Lipinski definition) is 16. The van der Waals surface area contributed by atoms with E-state index in [-0.39, 0.29) is 58.5 Å². The van der Waals surface area contributed by atoms with Crippen LogP contribution in [0.4, 0.5) is 16.2 Å². The zero-order valence-electron chi connectivity index (χ0n) is 46.6. The fourth-order valence-corrected chi connectivity index (χ4v) is 8.99. The second kappa shape index (κ2) is 39.0. The number of ether oxygens (including phenoxy) is 7. The molecule has 2 amide bonds. The summed E-state index contributed by atoms with van der Waals surface area (Å²) in [5.41, 5.74) is 7.21. The van der Waals surface area contributed by atoms with E-state index in [9.17, 15) is 28.6 Å². The van der Waals surface area contributed by atoms with Gasteiger partial charge in [-0.1, -0.05) is 139 Å². The molecule has 0 bridgehead atoms. The Bertz CT molecular complexity index is 2280. The molecule has 0 saturated carbocycles. The van der Waals surface area contributed by atoms with Gasteiger partial charge in [0.05, 0.1) is 52.0 Å². The van der Waals surface area contributed by atoms with Crippen molar-refractivity contribution in [1.82, 2.24) is 10.6 Å².